The number of halogens is 2. The summed E-state index contributed by atoms with van der Waals surface area (Å²) in [4.78, 5) is 16.3. The van der Waals surface area contributed by atoms with Gasteiger partial charge >= 0.3 is 0 Å². The number of amides is 1. The quantitative estimate of drug-likeness (QED) is 0.797. The molecule has 3 rings (SSSR count). The van der Waals surface area contributed by atoms with E-state index < -0.39 is 0 Å². The van der Waals surface area contributed by atoms with Crippen LogP contribution in [0.2, 0.25) is 5.02 Å². The lowest BCUT2D eigenvalue weighted by Crippen LogP contribution is -2.30. The average molecular weight is 368 g/mol. The van der Waals surface area contributed by atoms with E-state index in [4.69, 9.17) is 16.0 Å². The predicted octanol–water partition coefficient (Wildman–Crippen LogP) is 3.00. The molecule has 0 bridgehead atoms. The van der Waals surface area contributed by atoms with Crippen molar-refractivity contribution >= 4 is 29.9 Å². The summed E-state index contributed by atoms with van der Waals surface area (Å²) < 4.78 is 5.43. The fourth-order valence-corrected chi connectivity index (χ4v) is 2.51. The van der Waals surface area contributed by atoms with Crippen molar-refractivity contribution in [1.29, 1.82) is 0 Å². The molecule has 0 saturated carbocycles. The molecule has 128 valence electrons. The molecule has 0 aliphatic carbocycles. The van der Waals surface area contributed by atoms with Crippen LogP contribution in [-0.2, 0) is 11.2 Å². The minimum absolute atomic E-state index is 0. The lowest BCUT2D eigenvalue weighted by atomic mass is 10.1. The van der Waals surface area contributed by atoms with Gasteiger partial charge in [-0.05, 0) is 37.2 Å². The van der Waals surface area contributed by atoms with Crippen LogP contribution in [0, 0.1) is 0 Å². The maximum Gasteiger partial charge on any atom is 0.226 e. The predicted molar refractivity (Wildman–Crippen MR) is 96.5 cm³/mol. The normalized spacial score (nSPS) is 13.8. The number of aromatic nitrogens is 1. The highest BCUT2D eigenvalue weighted by Crippen LogP contribution is 2.21. The van der Waals surface area contributed by atoms with Gasteiger partial charge in [0.2, 0.25) is 11.8 Å². The maximum absolute atomic E-state index is 12.0. The van der Waals surface area contributed by atoms with Gasteiger partial charge in [-0.25, -0.2) is 4.98 Å². The highest BCUT2D eigenvalue weighted by Gasteiger charge is 2.11. The summed E-state index contributed by atoms with van der Waals surface area (Å²) in [7, 11) is 0. The van der Waals surface area contributed by atoms with Crippen molar-refractivity contribution < 1.29 is 9.21 Å². The Bertz CT molecular complexity index is 711. The third-order valence-electron chi connectivity index (χ3n) is 3.66. The van der Waals surface area contributed by atoms with Crippen molar-refractivity contribution in [2.75, 3.05) is 19.6 Å². The Morgan fingerprint density at radius 1 is 1.33 bits per heavy atom. The summed E-state index contributed by atoms with van der Waals surface area (Å²) in [6.07, 6.45) is 4.83. The first-order valence-corrected chi connectivity index (χ1v) is 7.94. The molecule has 1 aromatic heterocycles. The summed E-state index contributed by atoms with van der Waals surface area (Å²) >= 11 is 5.86. The number of rotatable bonds is 5. The molecule has 1 aliphatic rings. The number of oxazole rings is 1. The van der Waals surface area contributed by atoms with Crippen LogP contribution in [0.25, 0.3) is 11.5 Å². The van der Waals surface area contributed by atoms with Crippen molar-refractivity contribution in [2.45, 2.75) is 12.8 Å². The van der Waals surface area contributed by atoms with Gasteiger partial charge in [-0.2, -0.15) is 0 Å². The maximum atomic E-state index is 12.0. The van der Waals surface area contributed by atoms with Crippen molar-refractivity contribution in [3.05, 3.63) is 52.9 Å². The first-order valence-electron chi connectivity index (χ1n) is 7.56. The Morgan fingerprint density at radius 3 is 2.83 bits per heavy atom. The summed E-state index contributed by atoms with van der Waals surface area (Å²) in [5.41, 5.74) is 2.71. The lowest BCUT2D eigenvalue weighted by molar-refractivity contribution is -0.120. The van der Waals surface area contributed by atoms with Crippen molar-refractivity contribution in [2.24, 2.45) is 0 Å². The molecular formula is C17H19Cl2N3O2. The van der Waals surface area contributed by atoms with Gasteiger partial charge in [-0.3, -0.25) is 4.79 Å². The van der Waals surface area contributed by atoms with Gasteiger partial charge in [0.1, 0.15) is 6.26 Å². The molecule has 2 heterocycles. The van der Waals surface area contributed by atoms with E-state index in [2.05, 4.69) is 21.7 Å². The van der Waals surface area contributed by atoms with Crippen molar-refractivity contribution in [1.82, 2.24) is 15.6 Å². The molecule has 0 unspecified atom stereocenters. The average Bonchev–Trinajstić information content (AvgIpc) is 3.03. The van der Waals surface area contributed by atoms with Crippen LogP contribution in [-0.4, -0.2) is 30.5 Å². The number of benzene rings is 1. The molecule has 0 spiro atoms. The van der Waals surface area contributed by atoms with Crippen LogP contribution in [0.15, 0.2) is 46.6 Å². The number of hydrogen-bond donors (Lipinski definition) is 2. The number of nitrogens with zero attached hydrogens (tertiary/aromatic N) is 1. The topological polar surface area (TPSA) is 67.2 Å². The largest absolute Gasteiger partial charge is 0.444 e. The van der Waals surface area contributed by atoms with Crippen molar-refractivity contribution in [3.63, 3.8) is 0 Å². The fourth-order valence-electron chi connectivity index (χ4n) is 2.38. The Hall–Kier alpha value is -1.82. The van der Waals surface area contributed by atoms with E-state index in [1.54, 1.807) is 12.1 Å². The molecule has 24 heavy (non-hydrogen) atoms. The summed E-state index contributed by atoms with van der Waals surface area (Å²) in [6, 6.07) is 7.23. The Labute approximate surface area is 151 Å². The molecule has 0 fully saturated rings. The number of hydrogen-bond acceptors (Lipinski definition) is 4. The van der Waals surface area contributed by atoms with Gasteiger partial charge in [-0.1, -0.05) is 23.3 Å². The van der Waals surface area contributed by atoms with E-state index in [9.17, 15) is 4.79 Å². The van der Waals surface area contributed by atoms with Gasteiger partial charge < -0.3 is 15.1 Å². The third kappa shape index (κ3) is 5.09. The zero-order valence-electron chi connectivity index (χ0n) is 13.0. The Morgan fingerprint density at radius 2 is 2.12 bits per heavy atom. The van der Waals surface area contributed by atoms with Crippen LogP contribution in [0.4, 0.5) is 0 Å². The minimum atomic E-state index is -0.0552. The SMILES string of the molecule is Cl.O=C(Cc1coc(-c2ccc(Cl)cc2)n1)NCC1=CCNCC1. The van der Waals surface area contributed by atoms with E-state index in [1.165, 1.54) is 11.8 Å². The fraction of sp³-hybridized carbons (Fsp3) is 0.294. The molecule has 1 aliphatic heterocycles. The summed E-state index contributed by atoms with van der Waals surface area (Å²) in [6.45, 7) is 2.44. The molecule has 2 N–H and O–H groups in total. The molecule has 5 nitrogen and oxygen atoms in total. The molecule has 0 atom stereocenters. The van der Waals surface area contributed by atoms with E-state index in [0.717, 1.165) is 25.1 Å². The highest BCUT2D eigenvalue weighted by atomic mass is 35.5. The second-order valence-electron chi connectivity index (χ2n) is 5.42. The Kier molecular flexibility index (Phi) is 6.85. The minimum Gasteiger partial charge on any atom is -0.444 e. The molecule has 0 radical (unpaired) electrons. The molecule has 1 amide bonds. The number of carbonyl (C=O) groups excluding carboxylic acids is 1. The molecule has 2 aromatic rings. The molecule has 0 saturated heterocycles. The molecule has 7 heteroatoms. The van der Waals surface area contributed by atoms with Gasteiger partial charge in [0.25, 0.3) is 0 Å². The summed E-state index contributed by atoms with van der Waals surface area (Å²) in [5, 5.41) is 6.83. The van der Waals surface area contributed by atoms with Gasteiger partial charge in [0, 0.05) is 23.7 Å². The van der Waals surface area contributed by atoms with Gasteiger partial charge in [0.05, 0.1) is 12.1 Å². The van der Waals surface area contributed by atoms with Crippen LogP contribution < -0.4 is 10.6 Å². The van der Waals surface area contributed by atoms with E-state index >= 15 is 0 Å². The number of nitrogens with one attached hydrogen (secondary N) is 2. The zero-order valence-corrected chi connectivity index (χ0v) is 14.6. The summed E-state index contributed by atoms with van der Waals surface area (Å²) in [5.74, 6) is 0.436. The van der Waals surface area contributed by atoms with Crippen LogP contribution in [0.1, 0.15) is 12.1 Å². The smallest absolute Gasteiger partial charge is 0.226 e. The zero-order chi connectivity index (χ0) is 16.1. The van der Waals surface area contributed by atoms with Gasteiger partial charge in [-0.15, -0.1) is 12.4 Å². The molecule has 1 aromatic carbocycles. The van der Waals surface area contributed by atoms with Crippen LogP contribution >= 0.6 is 24.0 Å². The van der Waals surface area contributed by atoms with Crippen molar-refractivity contribution in [3.8, 4) is 11.5 Å². The standard InChI is InChI=1S/C17H18ClN3O2.ClH/c18-14-3-1-13(2-4-14)17-21-15(11-23-17)9-16(22)20-10-12-5-7-19-8-6-12;/h1-5,11,19H,6-10H2,(H,20,22);1H. The second-order valence-corrected chi connectivity index (χ2v) is 5.86. The first kappa shape index (κ1) is 18.5. The third-order valence-corrected chi connectivity index (χ3v) is 3.91. The van der Waals surface area contributed by atoms with E-state index in [-0.39, 0.29) is 24.7 Å². The van der Waals surface area contributed by atoms with E-state index in [1.807, 2.05) is 12.1 Å². The first-order chi connectivity index (χ1) is 11.2. The number of carbonyl (C=O) groups is 1. The Balaban J connectivity index is 0.00000208. The monoisotopic (exact) mass is 367 g/mol. The van der Waals surface area contributed by atoms with Crippen LogP contribution in [0.5, 0.6) is 0 Å². The van der Waals surface area contributed by atoms with Gasteiger partial charge in [0.15, 0.2) is 0 Å². The van der Waals surface area contributed by atoms with Crippen LogP contribution in [0.3, 0.4) is 0 Å². The molecular weight excluding hydrogens is 349 g/mol. The highest BCUT2D eigenvalue weighted by molar-refractivity contribution is 6.30. The second kappa shape index (κ2) is 8.87. The van der Waals surface area contributed by atoms with E-state index in [0.29, 0.717) is 23.2 Å². The lowest BCUT2D eigenvalue weighted by Gasteiger charge is -2.14.